The van der Waals surface area contributed by atoms with Gasteiger partial charge in [0.25, 0.3) is 5.91 Å². The Labute approximate surface area is 149 Å². The highest BCUT2D eigenvalue weighted by Gasteiger charge is 2.11. The van der Waals surface area contributed by atoms with Gasteiger partial charge in [-0.1, -0.05) is 6.07 Å². The Balaban J connectivity index is 1.81. The summed E-state index contributed by atoms with van der Waals surface area (Å²) < 4.78 is 13.4. The van der Waals surface area contributed by atoms with Gasteiger partial charge in [0, 0.05) is 30.7 Å². The summed E-state index contributed by atoms with van der Waals surface area (Å²) in [5, 5.41) is 11.7. The van der Waals surface area contributed by atoms with Crippen molar-refractivity contribution in [2.45, 2.75) is 0 Å². The first kappa shape index (κ1) is 17.0. The molecule has 0 atom stereocenters. The number of benzene rings is 1. The van der Waals surface area contributed by atoms with Crippen LogP contribution in [0.5, 0.6) is 0 Å². The van der Waals surface area contributed by atoms with E-state index in [2.05, 4.69) is 15.3 Å². The molecule has 1 aromatic carbocycles. The molecule has 0 aliphatic carbocycles. The summed E-state index contributed by atoms with van der Waals surface area (Å²) in [6.45, 7) is 0. The van der Waals surface area contributed by atoms with Crippen LogP contribution in [-0.2, 0) is 0 Å². The Bertz CT molecular complexity index is 999. The standard InChI is InChI=1S/C19H14FN5O/c1-25(17-8-14(20)11-22-12-17)16-4-2-3-15(9-16)24-19(26)18-7-13(10-21)5-6-23-18/h2-9,11-12H,1H3,(H,24,26). The quantitative estimate of drug-likeness (QED) is 0.781. The van der Waals surface area contributed by atoms with Crippen LogP contribution >= 0.6 is 0 Å². The van der Waals surface area contributed by atoms with Crippen LogP contribution in [0.3, 0.4) is 0 Å². The molecule has 0 unspecified atom stereocenters. The third-order valence-corrected chi connectivity index (χ3v) is 3.69. The highest BCUT2D eigenvalue weighted by Crippen LogP contribution is 2.26. The number of nitrogens with zero attached hydrogens (tertiary/aromatic N) is 4. The molecule has 0 bridgehead atoms. The molecule has 0 saturated carbocycles. The van der Waals surface area contributed by atoms with Gasteiger partial charge in [-0.3, -0.25) is 14.8 Å². The van der Waals surface area contributed by atoms with Crippen LogP contribution in [-0.4, -0.2) is 22.9 Å². The van der Waals surface area contributed by atoms with Crippen molar-refractivity contribution in [2.75, 3.05) is 17.3 Å². The first-order chi connectivity index (χ1) is 12.6. The van der Waals surface area contributed by atoms with Crippen LogP contribution in [0.15, 0.2) is 61.1 Å². The van der Waals surface area contributed by atoms with Gasteiger partial charge in [-0.15, -0.1) is 0 Å². The van der Waals surface area contributed by atoms with Gasteiger partial charge in [-0.2, -0.15) is 5.26 Å². The summed E-state index contributed by atoms with van der Waals surface area (Å²) in [6.07, 6.45) is 4.09. The zero-order chi connectivity index (χ0) is 18.5. The van der Waals surface area contributed by atoms with Gasteiger partial charge < -0.3 is 10.2 Å². The van der Waals surface area contributed by atoms with Crippen molar-refractivity contribution < 1.29 is 9.18 Å². The minimum Gasteiger partial charge on any atom is -0.343 e. The van der Waals surface area contributed by atoms with E-state index in [1.54, 1.807) is 36.3 Å². The SMILES string of the molecule is CN(c1cncc(F)c1)c1cccc(NC(=O)c2cc(C#N)ccn2)c1. The average Bonchev–Trinajstić information content (AvgIpc) is 2.67. The number of anilines is 3. The van der Waals surface area contributed by atoms with Crippen LogP contribution in [0.25, 0.3) is 0 Å². The normalized spacial score (nSPS) is 10.0. The third kappa shape index (κ3) is 3.82. The van der Waals surface area contributed by atoms with Crippen molar-refractivity contribution in [1.29, 1.82) is 5.26 Å². The lowest BCUT2D eigenvalue weighted by molar-refractivity contribution is 0.102. The lowest BCUT2D eigenvalue weighted by Gasteiger charge is -2.20. The van der Waals surface area contributed by atoms with Crippen LogP contribution < -0.4 is 10.2 Å². The van der Waals surface area contributed by atoms with E-state index >= 15 is 0 Å². The fraction of sp³-hybridized carbons (Fsp3) is 0.0526. The predicted molar refractivity (Wildman–Crippen MR) is 95.6 cm³/mol. The lowest BCUT2D eigenvalue weighted by atomic mass is 10.2. The van der Waals surface area contributed by atoms with Gasteiger partial charge in [-0.05, 0) is 30.3 Å². The second-order valence-electron chi connectivity index (χ2n) is 5.47. The number of pyridine rings is 2. The molecule has 0 saturated heterocycles. The first-order valence-corrected chi connectivity index (χ1v) is 7.68. The zero-order valence-electron chi connectivity index (χ0n) is 13.8. The Hall–Kier alpha value is -3.79. The Morgan fingerprint density at radius 3 is 2.81 bits per heavy atom. The van der Waals surface area contributed by atoms with Crippen LogP contribution in [0.1, 0.15) is 16.1 Å². The predicted octanol–water partition coefficient (Wildman–Crippen LogP) is 3.51. The summed E-state index contributed by atoms with van der Waals surface area (Å²) in [7, 11) is 1.77. The van der Waals surface area contributed by atoms with Crippen molar-refractivity contribution in [3.63, 3.8) is 0 Å². The number of carbonyl (C=O) groups is 1. The molecule has 0 fully saturated rings. The van der Waals surface area contributed by atoms with E-state index in [4.69, 9.17) is 5.26 Å². The van der Waals surface area contributed by atoms with Crippen molar-refractivity contribution >= 4 is 23.0 Å². The van der Waals surface area contributed by atoms with Crippen molar-refractivity contribution in [3.05, 3.63) is 78.1 Å². The van der Waals surface area contributed by atoms with Gasteiger partial charge >= 0.3 is 0 Å². The maximum atomic E-state index is 13.4. The van der Waals surface area contributed by atoms with Crippen LogP contribution in [0.4, 0.5) is 21.5 Å². The number of aromatic nitrogens is 2. The lowest BCUT2D eigenvalue weighted by Crippen LogP contribution is -2.15. The first-order valence-electron chi connectivity index (χ1n) is 7.68. The maximum Gasteiger partial charge on any atom is 0.274 e. The third-order valence-electron chi connectivity index (χ3n) is 3.69. The summed E-state index contributed by atoms with van der Waals surface area (Å²) in [4.78, 5) is 21.9. The Morgan fingerprint density at radius 1 is 1.19 bits per heavy atom. The number of hydrogen-bond donors (Lipinski definition) is 1. The zero-order valence-corrected chi connectivity index (χ0v) is 13.8. The van der Waals surface area contributed by atoms with E-state index in [1.807, 2.05) is 12.1 Å². The molecule has 2 aromatic heterocycles. The molecule has 128 valence electrons. The average molecular weight is 347 g/mol. The fourth-order valence-electron chi connectivity index (χ4n) is 2.34. The van der Waals surface area contributed by atoms with Crippen LogP contribution in [0.2, 0.25) is 0 Å². The molecular weight excluding hydrogens is 333 g/mol. The van der Waals surface area contributed by atoms with E-state index in [0.717, 1.165) is 11.9 Å². The molecule has 0 aliphatic heterocycles. The topological polar surface area (TPSA) is 81.9 Å². The summed E-state index contributed by atoms with van der Waals surface area (Å²) in [6, 6.07) is 13.4. The van der Waals surface area contributed by atoms with Gasteiger partial charge in [0.1, 0.15) is 11.5 Å². The summed E-state index contributed by atoms with van der Waals surface area (Å²) in [5.41, 5.74) is 2.38. The molecule has 26 heavy (non-hydrogen) atoms. The summed E-state index contributed by atoms with van der Waals surface area (Å²) >= 11 is 0. The van der Waals surface area contributed by atoms with Crippen molar-refractivity contribution in [1.82, 2.24) is 9.97 Å². The molecule has 0 spiro atoms. The Kier molecular flexibility index (Phi) is 4.85. The number of rotatable bonds is 4. The highest BCUT2D eigenvalue weighted by molar-refractivity contribution is 6.03. The smallest absolute Gasteiger partial charge is 0.274 e. The number of nitriles is 1. The molecule has 2 heterocycles. The monoisotopic (exact) mass is 347 g/mol. The van der Waals surface area contributed by atoms with Gasteiger partial charge in [0.05, 0.1) is 29.7 Å². The van der Waals surface area contributed by atoms with E-state index < -0.39 is 11.7 Å². The molecule has 6 nitrogen and oxygen atoms in total. The molecule has 0 aliphatic rings. The molecule has 7 heteroatoms. The largest absolute Gasteiger partial charge is 0.343 e. The molecule has 3 rings (SSSR count). The summed E-state index contributed by atoms with van der Waals surface area (Å²) in [5.74, 6) is -0.850. The second kappa shape index (κ2) is 7.40. The number of amides is 1. The van der Waals surface area contributed by atoms with Gasteiger partial charge in [-0.25, -0.2) is 4.39 Å². The molecule has 0 radical (unpaired) electrons. The maximum absolute atomic E-state index is 13.4. The highest BCUT2D eigenvalue weighted by atomic mass is 19.1. The minimum atomic E-state index is -0.428. The van der Waals surface area contributed by atoms with E-state index in [-0.39, 0.29) is 5.69 Å². The number of carbonyl (C=O) groups excluding carboxylic acids is 1. The van der Waals surface area contributed by atoms with Crippen molar-refractivity contribution in [3.8, 4) is 6.07 Å². The number of halogens is 1. The fourth-order valence-corrected chi connectivity index (χ4v) is 2.34. The van der Waals surface area contributed by atoms with E-state index in [1.165, 1.54) is 24.4 Å². The van der Waals surface area contributed by atoms with E-state index in [0.29, 0.717) is 16.9 Å². The second-order valence-corrected chi connectivity index (χ2v) is 5.47. The minimum absolute atomic E-state index is 0.150. The molecular formula is C19H14FN5O. The Morgan fingerprint density at radius 2 is 2.04 bits per heavy atom. The molecule has 1 amide bonds. The van der Waals surface area contributed by atoms with Gasteiger partial charge in [0.15, 0.2) is 0 Å². The molecule has 3 aromatic rings. The number of hydrogen-bond acceptors (Lipinski definition) is 5. The number of nitrogens with one attached hydrogen (secondary N) is 1. The van der Waals surface area contributed by atoms with Crippen molar-refractivity contribution in [2.24, 2.45) is 0 Å². The molecule has 1 N–H and O–H groups in total. The van der Waals surface area contributed by atoms with E-state index in [9.17, 15) is 9.18 Å². The van der Waals surface area contributed by atoms with Gasteiger partial charge in [0.2, 0.25) is 0 Å². The van der Waals surface area contributed by atoms with Crippen LogP contribution in [0, 0.1) is 17.1 Å².